The lowest BCUT2D eigenvalue weighted by molar-refractivity contribution is 0.102. The van der Waals surface area contributed by atoms with Gasteiger partial charge < -0.3 is 10.3 Å². The van der Waals surface area contributed by atoms with Crippen LogP contribution in [-0.2, 0) is 0 Å². The predicted molar refractivity (Wildman–Crippen MR) is 80.6 cm³/mol. The quantitative estimate of drug-likeness (QED) is 0.738. The molecule has 98 valence electrons. The van der Waals surface area contributed by atoms with Crippen LogP contribution >= 0.6 is 0 Å². The topological polar surface area (TPSA) is 44.9 Å². The fraction of sp³-hybridized carbons (Fsp3) is 0. The average Bonchev–Trinajstić information content (AvgIpc) is 3.03. The summed E-state index contributed by atoms with van der Waals surface area (Å²) in [7, 11) is 0. The van der Waals surface area contributed by atoms with E-state index in [2.05, 4.69) is 22.4 Å². The second kappa shape index (κ2) is 5.45. The molecular weight excluding hydrogens is 248 g/mol. The molecule has 1 aromatic heterocycles. The largest absolute Gasteiger partial charge is 0.367 e. The summed E-state index contributed by atoms with van der Waals surface area (Å²) in [6.45, 7) is 0. The number of H-pyrrole nitrogens is 1. The SMILES string of the molecule is O=C(Nc1ccc(-c2ccccc2)cc1)c1cc[nH]c1. The Morgan fingerprint density at radius 3 is 2.20 bits per heavy atom. The van der Waals surface area contributed by atoms with Crippen LogP contribution in [0.1, 0.15) is 10.4 Å². The molecule has 0 radical (unpaired) electrons. The molecule has 2 aromatic carbocycles. The van der Waals surface area contributed by atoms with Crippen molar-refractivity contribution in [1.29, 1.82) is 0 Å². The molecule has 1 heterocycles. The van der Waals surface area contributed by atoms with Crippen LogP contribution in [0.4, 0.5) is 5.69 Å². The fourth-order valence-electron chi connectivity index (χ4n) is 2.05. The molecule has 0 spiro atoms. The first kappa shape index (κ1) is 12.2. The van der Waals surface area contributed by atoms with Crippen LogP contribution in [0.3, 0.4) is 0 Å². The molecule has 0 saturated heterocycles. The maximum atomic E-state index is 11.9. The van der Waals surface area contributed by atoms with Crippen molar-refractivity contribution in [2.24, 2.45) is 0 Å². The van der Waals surface area contributed by atoms with Crippen LogP contribution in [0.15, 0.2) is 73.1 Å². The molecule has 20 heavy (non-hydrogen) atoms. The summed E-state index contributed by atoms with van der Waals surface area (Å²) < 4.78 is 0. The van der Waals surface area contributed by atoms with Crippen molar-refractivity contribution in [2.75, 3.05) is 5.32 Å². The third-order valence-corrected chi connectivity index (χ3v) is 3.11. The first-order valence-electron chi connectivity index (χ1n) is 6.42. The Labute approximate surface area is 117 Å². The van der Waals surface area contributed by atoms with Gasteiger partial charge in [-0.05, 0) is 29.3 Å². The van der Waals surface area contributed by atoms with Crippen LogP contribution in [0.25, 0.3) is 11.1 Å². The maximum absolute atomic E-state index is 11.9. The first-order valence-corrected chi connectivity index (χ1v) is 6.42. The van der Waals surface area contributed by atoms with Gasteiger partial charge in [-0.25, -0.2) is 0 Å². The summed E-state index contributed by atoms with van der Waals surface area (Å²) in [6.07, 6.45) is 3.40. The number of carbonyl (C=O) groups is 1. The van der Waals surface area contributed by atoms with Crippen molar-refractivity contribution < 1.29 is 4.79 Å². The lowest BCUT2D eigenvalue weighted by atomic mass is 10.1. The van der Waals surface area contributed by atoms with E-state index in [1.54, 1.807) is 18.5 Å². The number of hydrogen-bond donors (Lipinski definition) is 2. The van der Waals surface area contributed by atoms with Gasteiger partial charge in [-0.2, -0.15) is 0 Å². The molecule has 0 saturated carbocycles. The van der Waals surface area contributed by atoms with E-state index in [0.717, 1.165) is 16.8 Å². The molecule has 0 atom stereocenters. The molecule has 1 amide bonds. The van der Waals surface area contributed by atoms with E-state index < -0.39 is 0 Å². The lowest BCUT2D eigenvalue weighted by Gasteiger charge is -2.06. The third kappa shape index (κ3) is 2.62. The summed E-state index contributed by atoms with van der Waals surface area (Å²) in [4.78, 5) is 14.8. The zero-order valence-corrected chi connectivity index (χ0v) is 10.8. The van der Waals surface area contributed by atoms with Gasteiger partial charge in [-0.3, -0.25) is 4.79 Å². The Morgan fingerprint density at radius 2 is 1.55 bits per heavy atom. The van der Waals surface area contributed by atoms with Gasteiger partial charge in [0.05, 0.1) is 5.56 Å². The van der Waals surface area contributed by atoms with E-state index in [9.17, 15) is 4.79 Å². The van der Waals surface area contributed by atoms with Gasteiger partial charge in [0.1, 0.15) is 0 Å². The van der Waals surface area contributed by atoms with E-state index in [1.165, 1.54) is 0 Å². The van der Waals surface area contributed by atoms with Crippen molar-refractivity contribution >= 4 is 11.6 Å². The summed E-state index contributed by atoms with van der Waals surface area (Å²) in [5, 5.41) is 2.86. The first-order chi connectivity index (χ1) is 9.83. The summed E-state index contributed by atoms with van der Waals surface area (Å²) in [5.74, 6) is -0.112. The van der Waals surface area contributed by atoms with Crippen molar-refractivity contribution in [3.8, 4) is 11.1 Å². The van der Waals surface area contributed by atoms with E-state index in [4.69, 9.17) is 0 Å². The minimum absolute atomic E-state index is 0.112. The molecule has 2 N–H and O–H groups in total. The van der Waals surface area contributed by atoms with Crippen LogP contribution in [0.2, 0.25) is 0 Å². The van der Waals surface area contributed by atoms with Crippen LogP contribution in [0.5, 0.6) is 0 Å². The highest BCUT2D eigenvalue weighted by molar-refractivity contribution is 6.04. The molecule has 3 nitrogen and oxygen atoms in total. The van der Waals surface area contributed by atoms with Crippen molar-refractivity contribution in [1.82, 2.24) is 4.98 Å². The van der Waals surface area contributed by atoms with Crippen molar-refractivity contribution in [3.63, 3.8) is 0 Å². The second-order valence-electron chi connectivity index (χ2n) is 4.50. The number of nitrogens with one attached hydrogen (secondary N) is 2. The number of carbonyl (C=O) groups excluding carboxylic acids is 1. The maximum Gasteiger partial charge on any atom is 0.257 e. The van der Waals surface area contributed by atoms with Gasteiger partial charge in [0, 0.05) is 18.1 Å². The minimum Gasteiger partial charge on any atom is -0.367 e. The number of aromatic nitrogens is 1. The number of hydrogen-bond acceptors (Lipinski definition) is 1. The monoisotopic (exact) mass is 262 g/mol. The highest BCUT2D eigenvalue weighted by Crippen LogP contribution is 2.21. The van der Waals surface area contributed by atoms with Gasteiger partial charge in [-0.1, -0.05) is 42.5 Å². The van der Waals surface area contributed by atoms with E-state index in [0.29, 0.717) is 5.56 Å². The van der Waals surface area contributed by atoms with E-state index in [-0.39, 0.29) is 5.91 Å². The molecule has 0 aliphatic rings. The molecule has 3 rings (SSSR count). The van der Waals surface area contributed by atoms with Crippen molar-refractivity contribution in [3.05, 3.63) is 78.6 Å². The molecule has 0 fully saturated rings. The fourth-order valence-corrected chi connectivity index (χ4v) is 2.05. The predicted octanol–water partition coefficient (Wildman–Crippen LogP) is 3.93. The molecular formula is C17H14N2O. The van der Waals surface area contributed by atoms with Crippen molar-refractivity contribution in [2.45, 2.75) is 0 Å². The molecule has 0 unspecified atom stereocenters. The Bertz CT molecular complexity index is 686. The van der Waals surface area contributed by atoms with Gasteiger partial charge in [-0.15, -0.1) is 0 Å². The smallest absolute Gasteiger partial charge is 0.257 e. The highest BCUT2D eigenvalue weighted by atomic mass is 16.1. The van der Waals surface area contributed by atoms with Crippen LogP contribution < -0.4 is 5.32 Å². The zero-order valence-electron chi connectivity index (χ0n) is 10.8. The number of anilines is 1. The Hall–Kier alpha value is -2.81. The highest BCUT2D eigenvalue weighted by Gasteiger charge is 2.05. The number of aromatic amines is 1. The second-order valence-corrected chi connectivity index (χ2v) is 4.50. The summed E-state index contributed by atoms with van der Waals surface area (Å²) >= 11 is 0. The Morgan fingerprint density at radius 1 is 0.850 bits per heavy atom. The van der Waals surface area contributed by atoms with Gasteiger partial charge >= 0.3 is 0 Å². The third-order valence-electron chi connectivity index (χ3n) is 3.11. The Kier molecular flexibility index (Phi) is 3.33. The van der Waals surface area contributed by atoms with Crippen LogP contribution in [-0.4, -0.2) is 10.9 Å². The number of rotatable bonds is 3. The minimum atomic E-state index is -0.112. The molecule has 3 aromatic rings. The van der Waals surface area contributed by atoms with Gasteiger partial charge in [0.25, 0.3) is 5.91 Å². The summed E-state index contributed by atoms with van der Waals surface area (Å²) in [5.41, 5.74) is 3.70. The standard InChI is InChI=1S/C17H14N2O/c20-17(15-10-11-18-12-15)19-16-8-6-14(7-9-16)13-4-2-1-3-5-13/h1-12,18H,(H,19,20). The van der Waals surface area contributed by atoms with Gasteiger partial charge in [0.15, 0.2) is 0 Å². The molecule has 0 bridgehead atoms. The average molecular weight is 262 g/mol. The van der Waals surface area contributed by atoms with E-state index in [1.807, 2.05) is 42.5 Å². The van der Waals surface area contributed by atoms with E-state index >= 15 is 0 Å². The number of amides is 1. The molecule has 0 aliphatic carbocycles. The van der Waals surface area contributed by atoms with Gasteiger partial charge in [0.2, 0.25) is 0 Å². The lowest BCUT2D eigenvalue weighted by Crippen LogP contribution is -2.10. The molecule has 3 heteroatoms. The Balaban J connectivity index is 1.75. The van der Waals surface area contributed by atoms with Crippen LogP contribution in [0, 0.1) is 0 Å². The zero-order chi connectivity index (χ0) is 13.8. The summed E-state index contributed by atoms with van der Waals surface area (Å²) in [6, 6.07) is 19.7. The molecule has 0 aliphatic heterocycles. The normalized spacial score (nSPS) is 10.2. The number of benzene rings is 2.